The lowest BCUT2D eigenvalue weighted by Gasteiger charge is -2.26. The second-order valence-electron chi connectivity index (χ2n) is 8.39. The quantitative estimate of drug-likeness (QED) is 0.370. The number of nitrogens with one attached hydrogen (secondary N) is 2. The lowest BCUT2D eigenvalue weighted by Crippen LogP contribution is -2.35. The minimum atomic E-state index is -0.217. The van der Waals surface area contributed by atoms with Crippen LogP contribution in [0, 0.1) is 13.8 Å². The van der Waals surface area contributed by atoms with Crippen molar-refractivity contribution in [1.82, 2.24) is 19.9 Å². The SMILES string of the molecule is Cc1nc(CN2CCOCC2)cc(Nc2nc3ccc(C(=O)Nc4c(C)cccc4Cl)cc3s2)n1. The molecule has 2 aromatic heterocycles. The maximum absolute atomic E-state index is 12.9. The molecule has 5 rings (SSSR count). The van der Waals surface area contributed by atoms with Gasteiger partial charge in [-0.05, 0) is 43.7 Å². The molecule has 10 heteroatoms. The van der Waals surface area contributed by atoms with Crippen LogP contribution in [0.1, 0.15) is 27.4 Å². The fourth-order valence-corrected chi connectivity index (χ4v) is 5.15. The molecule has 35 heavy (non-hydrogen) atoms. The molecule has 180 valence electrons. The second-order valence-corrected chi connectivity index (χ2v) is 9.83. The monoisotopic (exact) mass is 508 g/mol. The summed E-state index contributed by atoms with van der Waals surface area (Å²) >= 11 is 7.73. The zero-order chi connectivity index (χ0) is 24.4. The Kier molecular flexibility index (Phi) is 6.92. The van der Waals surface area contributed by atoms with Gasteiger partial charge in [-0.1, -0.05) is 35.1 Å². The Morgan fingerprint density at radius 3 is 2.74 bits per heavy atom. The number of hydrogen-bond acceptors (Lipinski definition) is 8. The fraction of sp³-hybridized carbons (Fsp3) is 0.280. The van der Waals surface area contributed by atoms with Gasteiger partial charge < -0.3 is 15.4 Å². The van der Waals surface area contributed by atoms with Crippen molar-refractivity contribution >= 4 is 55.7 Å². The van der Waals surface area contributed by atoms with Crippen LogP contribution < -0.4 is 10.6 Å². The van der Waals surface area contributed by atoms with Crippen LogP contribution in [0.15, 0.2) is 42.5 Å². The number of aromatic nitrogens is 3. The topological polar surface area (TPSA) is 92.3 Å². The van der Waals surface area contributed by atoms with E-state index < -0.39 is 0 Å². The molecule has 1 fully saturated rings. The van der Waals surface area contributed by atoms with Crippen molar-refractivity contribution in [2.45, 2.75) is 20.4 Å². The van der Waals surface area contributed by atoms with Crippen molar-refractivity contribution < 1.29 is 9.53 Å². The van der Waals surface area contributed by atoms with E-state index in [1.54, 1.807) is 12.1 Å². The van der Waals surface area contributed by atoms with Gasteiger partial charge in [-0.3, -0.25) is 9.69 Å². The molecule has 4 aromatic rings. The lowest BCUT2D eigenvalue weighted by molar-refractivity contribution is 0.0336. The van der Waals surface area contributed by atoms with E-state index in [1.165, 1.54) is 11.3 Å². The first kappa shape index (κ1) is 23.6. The molecule has 1 saturated heterocycles. The van der Waals surface area contributed by atoms with Gasteiger partial charge in [0.25, 0.3) is 5.91 Å². The van der Waals surface area contributed by atoms with Crippen molar-refractivity contribution in [3.63, 3.8) is 0 Å². The Morgan fingerprint density at radius 2 is 1.94 bits per heavy atom. The van der Waals surface area contributed by atoms with Gasteiger partial charge >= 0.3 is 0 Å². The number of carbonyl (C=O) groups excluding carboxylic acids is 1. The van der Waals surface area contributed by atoms with Crippen LogP contribution in [-0.4, -0.2) is 52.1 Å². The zero-order valence-corrected chi connectivity index (χ0v) is 21.0. The summed E-state index contributed by atoms with van der Waals surface area (Å²) in [6.07, 6.45) is 0. The highest BCUT2D eigenvalue weighted by atomic mass is 35.5. The maximum Gasteiger partial charge on any atom is 0.255 e. The summed E-state index contributed by atoms with van der Waals surface area (Å²) in [7, 11) is 0. The number of rotatable bonds is 6. The van der Waals surface area contributed by atoms with E-state index in [0.717, 1.165) is 54.3 Å². The molecule has 8 nitrogen and oxygen atoms in total. The highest BCUT2D eigenvalue weighted by molar-refractivity contribution is 7.22. The molecule has 0 atom stereocenters. The number of halogens is 1. The number of hydrogen-bond donors (Lipinski definition) is 2. The number of amides is 1. The van der Waals surface area contributed by atoms with Crippen molar-refractivity contribution in [1.29, 1.82) is 0 Å². The number of fused-ring (bicyclic) bond motifs is 1. The van der Waals surface area contributed by atoms with E-state index in [9.17, 15) is 4.79 Å². The summed E-state index contributed by atoms with van der Waals surface area (Å²) in [6, 6.07) is 12.9. The third-order valence-electron chi connectivity index (χ3n) is 5.73. The van der Waals surface area contributed by atoms with Crippen LogP contribution in [0.25, 0.3) is 10.2 Å². The zero-order valence-electron chi connectivity index (χ0n) is 19.5. The number of aryl methyl sites for hydroxylation is 2. The van der Waals surface area contributed by atoms with Crippen LogP contribution in [0.3, 0.4) is 0 Å². The summed E-state index contributed by atoms with van der Waals surface area (Å²) in [5.41, 5.74) is 3.83. The molecule has 1 aliphatic rings. The predicted molar refractivity (Wildman–Crippen MR) is 140 cm³/mol. The third kappa shape index (κ3) is 5.59. The van der Waals surface area contributed by atoms with Crippen molar-refractivity contribution in [2.75, 3.05) is 36.9 Å². The molecule has 1 aliphatic heterocycles. The number of benzene rings is 2. The maximum atomic E-state index is 12.9. The molecule has 0 radical (unpaired) electrons. The van der Waals surface area contributed by atoms with E-state index in [0.29, 0.717) is 33.0 Å². The fourth-order valence-electron chi connectivity index (χ4n) is 3.97. The number of morpholine rings is 1. The largest absolute Gasteiger partial charge is 0.379 e. The third-order valence-corrected chi connectivity index (χ3v) is 6.97. The Morgan fingerprint density at radius 1 is 1.11 bits per heavy atom. The van der Waals surface area contributed by atoms with E-state index in [4.69, 9.17) is 16.3 Å². The predicted octanol–water partition coefficient (Wildman–Crippen LogP) is 5.18. The standard InChI is InChI=1S/C25H25ClN6O2S/c1-15-4-3-5-19(26)23(15)31-24(33)17-6-7-20-21(12-17)35-25(29-20)30-22-13-18(27-16(2)28-22)14-32-8-10-34-11-9-32/h3-7,12-13H,8-11,14H2,1-2H3,(H,31,33)(H,27,28,29,30). The highest BCUT2D eigenvalue weighted by Crippen LogP contribution is 2.30. The smallest absolute Gasteiger partial charge is 0.255 e. The van der Waals surface area contributed by atoms with Crippen LogP contribution in [0.4, 0.5) is 16.6 Å². The number of anilines is 3. The average molecular weight is 509 g/mol. The van der Waals surface area contributed by atoms with Gasteiger partial charge in [-0.2, -0.15) is 0 Å². The average Bonchev–Trinajstić information content (AvgIpc) is 3.23. The van der Waals surface area contributed by atoms with Gasteiger partial charge in [0.1, 0.15) is 11.6 Å². The summed E-state index contributed by atoms with van der Waals surface area (Å²) in [4.78, 5) is 29.0. The Bertz CT molecular complexity index is 1370. The molecule has 0 unspecified atom stereocenters. The molecule has 2 N–H and O–H groups in total. The summed E-state index contributed by atoms with van der Waals surface area (Å²) in [6.45, 7) is 7.85. The molecule has 3 heterocycles. The molecule has 2 aromatic carbocycles. The number of carbonyl (C=O) groups is 1. The van der Waals surface area contributed by atoms with Gasteiger partial charge in [0.15, 0.2) is 5.13 Å². The summed E-state index contributed by atoms with van der Waals surface area (Å²) in [5.74, 6) is 1.19. The van der Waals surface area contributed by atoms with E-state index in [2.05, 4.69) is 30.5 Å². The van der Waals surface area contributed by atoms with Crippen LogP contribution in [-0.2, 0) is 11.3 Å². The van der Waals surface area contributed by atoms with Crippen molar-refractivity contribution in [3.05, 3.63) is 70.1 Å². The molecule has 0 saturated carbocycles. The van der Waals surface area contributed by atoms with E-state index >= 15 is 0 Å². The first-order valence-corrected chi connectivity index (χ1v) is 12.5. The minimum Gasteiger partial charge on any atom is -0.379 e. The highest BCUT2D eigenvalue weighted by Gasteiger charge is 2.15. The second kappa shape index (κ2) is 10.2. The van der Waals surface area contributed by atoms with Crippen molar-refractivity contribution in [2.24, 2.45) is 0 Å². The Hall–Kier alpha value is -3.11. The van der Waals surface area contributed by atoms with Crippen LogP contribution in [0.5, 0.6) is 0 Å². The van der Waals surface area contributed by atoms with Crippen LogP contribution in [0.2, 0.25) is 5.02 Å². The molecule has 0 spiro atoms. The molecular weight excluding hydrogens is 484 g/mol. The number of para-hydroxylation sites is 1. The molecule has 1 amide bonds. The van der Waals surface area contributed by atoms with Gasteiger partial charge in [-0.15, -0.1) is 0 Å². The molecule has 0 bridgehead atoms. The summed E-state index contributed by atoms with van der Waals surface area (Å²) < 4.78 is 6.33. The summed E-state index contributed by atoms with van der Waals surface area (Å²) in [5, 5.41) is 7.45. The minimum absolute atomic E-state index is 0.217. The number of nitrogens with zero attached hydrogens (tertiary/aromatic N) is 4. The van der Waals surface area contributed by atoms with Gasteiger partial charge in [0.05, 0.1) is 39.8 Å². The van der Waals surface area contributed by atoms with Gasteiger partial charge in [-0.25, -0.2) is 15.0 Å². The molecular formula is C25H25ClN6O2S. The number of thiazole rings is 1. The van der Waals surface area contributed by atoms with E-state index in [-0.39, 0.29) is 5.91 Å². The van der Waals surface area contributed by atoms with Crippen molar-refractivity contribution in [3.8, 4) is 0 Å². The first-order chi connectivity index (χ1) is 16.9. The normalized spacial score (nSPS) is 14.3. The lowest BCUT2D eigenvalue weighted by atomic mass is 10.1. The first-order valence-electron chi connectivity index (χ1n) is 11.3. The Balaban J connectivity index is 1.32. The van der Waals surface area contributed by atoms with Gasteiger partial charge in [0, 0.05) is 31.3 Å². The van der Waals surface area contributed by atoms with Crippen LogP contribution >= 0.6 is 22.9 Å². The van der Waals surface area contributed by atoms with E-state index in [1.807, 2.05) is 44.2 Å². The van der Waals surface area contributed by atoms with Gasteiger partial charge in [0.2, 0.25) is 0 Å². The molecule has 0 aliphatic carbocycles. The number of ether oxygens (including phenoxy) is 1. The Labute approximate surface area is 212 Å².